The second kappa shape index (κ2) is 7.51. The summed E-state index contributed by atoms with van der Waals surface area (Å²) in [4.78, 5) is 5.84. The number of rotatable bonds is 3. The molecule has 1 fully saturated rings. The van der Waals surface area contributed by atoms with Gasteiger partial charge >= 0.3 is 0 Å². The number of nitrogens with two attached hydrogens (primary N) is 2. The minimum Gasteiger partial charge on any atom is -0.400 e. The Hall–Kier alpha value is -2.01. The second-order valence-electron chi connectivity index (χ2n) is 5.95. The lowest BCUT2D eigenvalue weighted by molar-refractivity contribution is 0.720. The third-order valence-corrected chi connectivity index (χ3v) is 5.16. The van der Waals surface area contributed by atoms with Gasteiger partial charge in [-0.2, -0.15) is 0 Å². The fourth-order valence-corrected chi connectivity index (χ4v) is 3.89. The van der Waals surface area contributed by atoms with Gasteiger partial charge in [0.2, 0.25) is 0 Å². The van der Waals surface area contributed by atoms with Gasteiger partial charge in [-0.05, 0) is 36.8 Å². The third-order valence-electron chi connectivity index (χ3n) is 4.23. The lowest BCUT2D eigenvalue weighted by Crippen LogP contribution is -2.23. The number of hydrogen-bond donors (Lipinski definition) is 3. The smallest absolute Gasteiger partial charge is 0.103 e. The number of aliphatic imine (C=N–C) groups is 1. The van der Waals surface area contributed by atoms with Gasteiger partial charge in [-0.3, -0.25) is 0 Å². The molecule has 0 radical (unpaired) electrons. The molecule has 1 atom stereocenters. The number of nitrogens with one attached hydrogen (secondary N) is 1. The van der Waals surface area contributed by atoms with E-state index in [9.17, 15) is 0 Å². The fourth-order valence-electron chi connectivity index (χ4n) is 3.03. The SMILES string of the molecule is NC1=NC(C(C(N)=C2CCCCCN2)c2cccs2)=CC=CC1. The maximum absolute atomic E-state index is 6.63. The molecular formula is C18H24N4S. The highest BCUT2D eigenvalue weighted by Crippen LogP contribution is 2.36. The van der Waals surface area contributed by atoms with Crippen molar-refractivity contribution in [2.24, 2.45) is 16.5 Å². The standard InChI is InChI=1S/C18H24N4S/c19-16-10-4-3-7-13(22-16)17(15-9-6-12-23-15)18(20)14-8-2-1-5-11-21-14/h3-4,6-7,9,12,17,21H,1-2,5,8,10-11,20H2,(H2,19,22). The molecule has 1 aromatic rings. The molecule has 1 unspecified atom stereocenters. The predicted molar refractivity (Wildman–Crippen MR) is 98.2 cm³/mol. The zero-order chi connectivity index (χ0) is 16.1. The van der Waals surface area contributed by atoms with Gasteiger partial charge in [-0.1, -0.05) is 24.6 Å². The molecule has 23 heavy (non-hydrogen) atoms. The molecular weight excluding hydrogens is 304 g/mol. The highest BCUT2D eigenvalue weighted by molar-refractivity contribution is 7.10. The van der Waals surface area contributed by atoms with Gasteiger partial charge in [-0.15, -0.1) is 11.3 Å². The van der Waals surface area contributed by atoms with Crippen LogP contribution in [0.15, 0.2) is 57.8 Å². The monoisotopic (exact) mass is 328 g/mol. The summed E-state index contributed by atoms with van der Waals surface area (Å²) < 4.78 is 0. The van der Waals surface area contributed by atoms with Gasteiger partial charge in [0, 0.05) is 29.2 Å². The van der Waals surface area contributed by atoms with E-state index in [2.05, 4.69) is 27.8 Å². The van der Waals surface area contributed by atoms with Crippen LogP contribution >= 0.6 is 11.3 Å². The molecule has 0 aromatic carbocycles. The largest absolute Gasteiger partial charge is 0.400 e. The number of allylic oxidation sites excluding steroid dienone is 3. The maximum atomic E-state index is 6.63. The van der Waals surface area contributed by atoms with Crippen LogP contribution in [0, 0.1) is 0 Å². The fraction of sp³-hybridized carbons (Fsp3) is 0.389. The molecule has 0 bridgehead atoms. The minimum atomic E-state index is -0.0306. The molecule has 122 valence electrons. The van der Waals surface area contributed by atoms with Crippen LogP contribution in [0.25, 0.3) is 0 Å². The van der Waals surface area contributed by atoms with Crippen LogP contribution < -0.4 is 16.8 Å². The normalized spacial score (nSPS) is 22.3. The summed E-state index contributed by atoms with van der Waals surface area (Å²) in [5, 5.41) is 5.61. The van der Waals surface area contributed by atoms with E-state index in [1.165, 1.54) is 29.8 Å². The van der Waals surface area contributed by atoms with Crippen molar-refractivity contribution in [1.82, 2.24) is 5.32 Å². The molecule has 2 aliphatic rings. The summed E-state index contributed by atoms with van der Waals surface area (Å²) in [7, 11) is 0. The molecule has 5 N–H and O–H groups in total. The van der Waals surface area contributed by atoms with Crippen molar-refractivity contribution < 1.29 is 0 Å². The Morgan fingerprint density at radius 2 is 2.22 bits per heavy atom. The second-order valence-corrected chi connectivity index (χ2v) is 6.93. The lowest BCUT2D eigenvalue weighted by atomic mass is 9.96. The van der Waals surface area contributed by atoms with Crippen molar-refractivity contribution in [1.29, 1.82) is 0 Å². The number of thiophene rings is 1. The molecule has 1 aromatic heterocycles. The van der Waals surface area contributed by atoms with Crippen molar-refractivity contribution in [2.45, 2.75) is 38.0 Å². The van der Waals surface area contributed by atoms with Crippen LogP contribution in [-0.2, 0) is 0 Å². The molecule has 1 saturated heterocycles. The molecule has 3 heterocycles. The van der Waals surface area contributed by atoms with Crippen molar-refractivity contribution >= 4 is 17.2 Å². The molecule has 3 rings (SSSR count). The number of nitrogens with zero attached hydrogens (tertiary/aromatic N) is 1. The van der Waals surface area contributed by atoms with Crippen LogP contribution in [0.3, 0.4) is 0 Å². The van der Waals surface area contributed by atoms with E-state index in [-0.39, 0.29) is 5.92 Å². The Balaban J connectivity index is 2.02. The first-order chi connectivity index (χ1) is 11.3. The van der Waals surface area contributed by atoms with Crippen LogP contribution in [0.1, 0.15) is 42.9 Å². The summed E-state index contributed by atoms with van der Waals surface area (Å²) in [5.41, 5.74) is 15.6. The molecule has 0 amide bonds. The molecule has 2 aliphatic heterocycles. The van der Waals surface area contributed by atoms with Crippen LogP contribution in [0.4, 0.5) is 0 Å². The van der Waals surface area contributed by atoms with Crippen LogP contribution in [-0.4, -0.2) is 12.4 Å². The minimum absolute atomic E-state index is 0.0306. The van der Waals surface area contributed by atoms with E-state index in [0.29, 0.717) is 12.3 Å². The first-order valence-electron chi connectivity index (χ1n) is 8.21. The zero-order valence-corrected chi connectivity index (χ0v) is 14.1. The summed E-state index contributed by atoms with van der Waals surface area (Å²) in [6.07, 6.45) is 11.4. The van der Waals surface area contributed by atoms with Gasteiger partial charge in [-0.25, -0.2) is 4.99 Å². The Bertz CT molecular complexity index is 643. The van der Waals surface area contributed by atoms with Crippen molar-refractivity contribution in [3.63, 3.8) is 0 Å². The Kier molecular flexibility index (Phi) is 5.18. The number of hydrogen-bond acceptors (Lipinski definition) is 5. The summed E-state index contributed by atoms with van der Waals surface area (Å²) >= 11 is 1.71. The van der Waals surface area contributed by atoms with E-state index in [1.807, 2.05) is 18.2 Å². The summed E-state index contributed by atoms with van der Waals surface area (Å²) in [6.45, 7) is 0.998. The third kappa shape index (κ3) is 3.85. The van der Waals surface area contributed by atoms with Gasteiger partial charge in [0.1, 0.15) is 5.84 Å². The Labute approximate surface area is 141 Å². The molecule has 5 heteroatoms. The van der Waals surface area contributed by atoms with Crippen molar-refractivity contribution in [2.75, 3.05) is 6.54 Å². The quantitative estimate of drug-likeness (QED) is 0.796. The van der Waals surface area contributed by atoms with E-state index in [0.717, 1.165) is 24.4 Å². The summed E-state index contributed by atoms with van der Waals surface area (Å²) in [6, 6.07) is 4.19. The van der Waals surface area contributed by atoms with Crippen molar-refractivity contribution in [3.05, 3.63) is 57.7 Å². The average Bonchev–Trinajstić information content (AvgIpc) is 2.81. The highest BCUT2D eigenvalue weighted by atomic mass is 32.1. The first-order valence-corrected chi connectivity index (χ1v) is 9.09. The summed E-state index contributed by atoms with van der Waals surface area (Å²) in [5.74, 6) is 0.607. The molecule has 0 spiro atoms. The Morgan fingerprint density at radius 3 is 3.04 bits per heavy atom. The Morgan fingerprint density at radius 1 is 1.30 bits per heavy atom. The first kappa shape index (κ1) is 15.9. The highest BCUT2D eigenvalue weighted by Gasteiger charge is 2.24. The predicted octanol–water partition coefficient (Wildman–Crippen LogP) is 3.37. The lowest BCUT2D eigenvalue weighted by Gasteiger charge is -2.21. The zero-order valence-electron chi connectivity index (χ0n) is 13.3. The van der Waals surface area contributed by atoms with Gasteiger partial charge in [0.15, 0.2) is 0 Å². The van der Waals surface area contributed by atoms with Gasteiger partial charge in [0.25, 0.3) is 0 Å². The number of amidine groups is 1. The van der Waals surface area contributed by atoms with E-state index >= 15 is 0 Å². The van der Waals surface area contributed by atoms with Crippen LogP contribution in [0.5, 0.6) is 0 Å². The van der Waals surface area contributed by atoms with E-state index < -0.39 is 0 Å². The molecule has 0 aliphatic carbocycles. The average molecular weight is 328 g/mol. The van der Waals surface area contributed by atoms with E-state index in [1.54, 1.807) is 11.3 Å². The maximum Gasteiger partial charge on any atom is 0.103 e. The van der Waals surface area contributed by atoms with Gasteiger partial charge < -0.3 is 16.8 Å². The molecule has 4 nitrogen and oxygen atoms in total. The van der Waals surface area contributed by atoms with Gasteiger partial charge in [0.05, 0.1) is 11.6 Å². The van der Waals surface area contributed by atoms with E-state index in [4.69, 9.17) is 11.5 Å². The van der Waals surface area contributed by atoms with Crippen molar-refractivity contribution in [3.8, 4) is 0 Å². The van der Waals surface area contributed by atoms with Crippen LogP contribution in [0.2, 0.25) is 0 Å². The molecule has 0 saturated carbocycles. The topological polar surface area (TPSA) is 76.4 Å².